The number of carbonyl (C=O) groups is 1. The quantitative estimate of drug-likeness (QED) is 0.236. The number of imidazole rings is 1. The summed E-state index contributed by atoms with van der Waals surface area (Å²) in [4.78, 5) is 17.6. The largest absolute Gasteiger partial charge is 0.389 e. The van der Waals surface area contributed by atoms with E-state index < -0.39 is 12.0 Å². The predicted molar refractivity (Wildman–Crippen MR) is 160 cm³/mol. The minimum absolute atomic E-state index is 0.117. The molecule has 6 rings (SSSR count). The van der Waals surface area contributed by atoms with E-state index in [4.69, 9.17) is 16.4 Å². The van der Waals surface area contributed by atoms with E-state index in [1.54, 1.807) is 59.7 Å². The average molecular weight is 607 g/mol. The maximum Gasteiger partial charge on any atom is 0.264 e. The van der Waals surface area contributed by atoms with E-state index in [1.165, 1.54) is 6.07 Å². The lowest BCUT2D eigenvalue weighted by atomic mass is 10.0. The molecule has 0 spiro atoms. The number of benzene rings is 1. The average Bonchev–Trinajstić information content (AvgIpc) is 3.62. The number of aromatic nitrogens is 7. The van der Waals surface area contributed by atoms with Crippen LogP contribution in [0, 0.1) is 13.8 Å². The zero-order valence-corrected chi connectivity index (χ0v) is 24.6. The second kappa shape index (κ2) is 11.5. The number of carbonyl (C=O) groups excluding carboxylic acids is 1. The topological polar surface area (TPSA) is 129 Å². The Labute approximate surface area is 250 Å². The standard InChI is InChI=1S/C29H26ClF2N7O.CH3NO/c1-16-26(17(2)39(35-16)15-29(3,4)40)19-6-9-24-33-12-23(37(24)13-19)22-11-18(5-8-21(22)27(31)32)28-34-25-10-7-20(30)14-38(25)36-28;2-1-3/h5-14,27,40H,15H2,1-4H3;1H,(H2,2,3). The first-order chi connectivity index (χ1) is 20.4. The third-order valence-electron chi connectivity index (χ3n) is 6.83. The third-order valence-corrected chi connectivity index (χ3v) is 7.05. The number of fused-ring (bicyclic) bond motifs is 2. The Kier molecular flexibility index (Phi) is 8.00. The fraction of sp³-hybridized carbons (Fsp3) is 0.233. The van der Waals surface area contributed by atoms with Crippen molar-refractivity contribution in [3.63, 3.8) is 0 Å². The van der Waals surface area contributed by atoms with Crippen LogP contribution in [0.4, 0.5) is 8.78 Å². The number of nitrogens with two attached hydrogens (primary N) is 1. The van der Waals surface area contributed by atoms with Crippen LogP contribution in [0.1, 0.15) is 37.2 Å². The lowest BCUT2D eigenvalue weighted by Crippen LogP contribution is -2.27. The summed E-state index contributed by atoms with van der Waals surface area (Å²) in [6, 6.07) is 11.9. The number of halogens is 3. The maximum atomic E-state index is 14.2. The van der Waals surface area contributed by atoms with Gasteiger partial charge in [-0.2, -0.15) is 5.10 Å². The number of aliphatic hydroxyl groups is 1. The van der Waals surface area contributed by atoms with E-state index in [9.17, 15) is 13.9 Å². The van der Waals surface area contributed by atoms with E-state index in [2.05, 4.69) is 25.9 Å². The molecular formula is C30H29ClF2N8O2. The van der Waals surface area contributed by atoms with Crippen molar-refractivity contribution in [2.24, 2.45) is 5.73 Å². The molecule has 1 amide bonds. The molecule has 0 unspecified atom stereocenters. The van der Waals surface area contributed by atoms with Gasteiger partial charge >= 0.3 is 0 Å². The summed E-state index contributed by atoms with van der Waals surface area (Å²) in [5.74, 6) is 0.393. The minimum Gasteiger partial charge on any atom is -0.389 e. The SMILES string of the molecule is Cc1nn(CC(C)(C)O)c(C)c1-c1ccc2ncc(-c3cc(-c4nc5ccc(Cl)cn5n4)ccc3C(F)F)n2c1.NC=O. The molecule has 0 saturated heterocycles. The molecule has 0 radical (unpaired) electrons. The lowest BCUT2D eigenvalue weighted by Gasteiger charge is -2.18. The first-order valence-electron chi connectivity index (χ1n) is 13.2. The van der Waals surface area contributed by atoms with Crippen molar-refractivity contribution in [2.75, 3.05) is 0 Å². The number of amides is 1. The summed E-state index contributed by atoms with van der Waals surface area (Å²) >= 11 is 6.09. The summed E-state index contributed by atoms with van der Waals surface area (Å²) < 4.78 is 33.6. The van der Waals surface area contributed by atoms with Crippen molar-refractivity contribution in [1.82, 2.24) is 33.8 Å². The molecule has 0 aliphatic rings. The fourth-order valence-corrected chi connectivity index (χ4v) is 5.21. The van der Waals surface area contributed by atoms with Crippen molar-refractivity contribution >= 4 is 29.3 Å². The zero-order valence-electron chi connectivity index (χ0n) is 23.8. The Balaban J connectivity index is 0.00000118. The van der Waals surface area contributed by atoms with E-state index in [0.717, 1.165) is 22.5 Å². The third kappa shape index (κ3) is 5.97. The highest BCUT2D eigenvalue weighted by Crippen LogP contribution is 2.36. The summed E-state index contributed by atoms with van der Waals surface area (Å²) in [6.45, 7) is 7.67. The van der Waals surface area contributed by atoms with Gasteiger partial charge in [0.05, 0.1) is 34.8 Å². The van der Waals surface area contributed by atoms with Crippen molar-refractivity contribution in [3.05, 3.63) is 83.0 Å². The molecule has 43 heavy (non-hydrogen) atoms. The molecule has 10 nitrogen and oxygen atoms in total. The minimum atomic E-state index is -2.70. The second-order valence-electron chi connectivity index (χ2n) is 10.6. The number of alkyl halides is 2. The number of hydrogen-bond acceptors (Lipinski definition) is 6. The molecule has 0 fully saturated rings. The maximum absolute atomic E-state index is 14.2. The van der Waals surface area contributed by atoms with Gasteiger partial charge in [-0.15, -0.1) is 5.10 Å². The van der Waals surface area contributed by atoms with Gasteiger partial charge < -0.3 is 10.8 Å². The highest BCUT2D eigenvalue weighted by Gasteiger charge is 2.22. The van der Waals surface area contributed by atoms with Gasteiger partial charge in [0.15, 0.2) is 11.5 Å². The molecule has 0 bridgehead atoms. The molecule has 222 valence electrons. The molecule has 0 aliphatic heterocycles. The smallest absolute Gasteiger partial charge is 0.264 e. The van der Waals surface area contributed by atoms with E-state index in [0.29, 0.717) is 45.5 Å². The lowest BCUT2D eigenvalue weighted by molar-refractivity contribution is -0.106. The first-order valence-corrected chi connectivity index (χ1v) is 13.6. The van der Waals surface area contributed by atoms with Gasteiger partial charge in [0.1, 0.15) is 5.65 Å². The highest BCUT2D eigenvalue weighted by molar-refractivity contribution is 6.30. The summed E-state index contributed by atoms with van der Waals surface area (Å²) in [5.41, 5.74) is 9.24. The van der Waals surface area contributed by atoms with Crippen LogP contribution in [-0.2, 0) is 11.3 Å². The van der Waals surface area contributed by atoms with Gasteiger partial charge in [0, 0.05) is 45.9 Å². The van der Waals surface area contributed by atoms with Crippen LogP contribution in [0.2, 0.25) is 5.02 Å². The molecule has 13 heteroatoms. The Morgan fingerprint density at radius 2 is 1.74 bits per heavy atom. The Hall–Kier alpha value is -4.68. The summed E-state index contributed by atoms with van der Waals surface area (Å²) in [6.07, 6.45) is 2.67. The van der Waals surface area contributed by atoms with Crippen LogP contribution in [0.5, 0.6) is 0 Å². The monoisotopic (exact) mass is 606 g/mol. The number of rotatable bonds is 6. The molecule has 5 aromatic heterocycles. The van der Waals surface area contributed by atoms with Gasteiger partial charge in [0.2, 0.25) is 6.41 Å². The van der Waals surface area contributed by atoms with E-state index >= 15 is 0 Å². The molecule has 1 aromatic carbocycles. The van der Waals surface area contributed by atoms with E-state index in [1.807, 2.05) is 36.6 Å². The molecule has 3 N–H and O–H groups in total. The molecule has 0 aliphatic carbocycles. The van der Waals surface area contributed by atoms with E-state index in [-0.39, 0.29) is 12.0 Å². The van der Waals surface area contributed by atoms with Crippen molar-refractivity contribution in [2.45, 2.75) is 46.3 Å². The van der Waals surface area contributed by atoms with Crippen molar-refractivity contribution in [3.8, 4) is 33.8 Å². The Morgan fingerprint density at radius 1 is 1.05 bits per heavy atom. The summed E-state index contributed by atoms with van der Waals surface area (Å²) in [5, 5.41) is 20.0. The van der Waals surface area contributed by atoms with Gasteiger partial charge in [-0.05, 0) is 58.0 Å². The van der Waals surface area contributed by atoms with Gasteiger partial charge in [-0.1, -0.05) is 23.7 Å². The van der Waals surface area contributed by atoms with Crippen LogP contribution in [0.15, 0.2) is 61.1 Å². The van der Waals surface area contributed by atoms with Crippen LogP contribution < -0.4 is 5.73 Å². The number of primary amides is 1. The Morgan fingerprint density at radius 3 is 2.44 bits per heavy atom. The van der Waals surface area contributed by atoms with Crippen LogP contribution in [0.3, 0.4) is 0 Å². The molecule has 5 heterocycles. The highest BCUT2D eigenvalue weighted by atomic mass is 35.5. The second-order valence-corrected chi connectivity index (χ2v) is 11.1. The van der Waals surface area contributed by atoms with Gasteiger partial charge in [-0.25, -0.2) is 23.3 Å². The zero-order chi connectivity index (χ0) is 31.1. The normalized spacial score (nSPS) is 11.7. The van der Waals surface area contributed by atoms with Crippen LogP contribution in [0.25, 0.3) is 45.1 Å². The van der Waals surface area contributed by atoms with Crippen LogP contribution >= 0.6 is 11.6 Å². The number of pyridine rings is 2. The van der Waals surface area contributed by atoms with Crippen LogP contribution in [-0.4, -0.2) is 50.9 Å². The summed E-state index contributed by atoms with van der Waals surface area (Å²) in [7, 11) is 0. The number of aryl methyl sites for hydroxylation is 1. The number of nitrogens with zero attached hydrogens (tertiary/aromatic N) is 7. The molecule has 0 atom stereocenters. The Bertz CT molecular complexity index is 1960. The predicted octanol–water partition coefficient (Wildman–Crippen LogP) is 5.65. The number of hydrogen-bond donors (Lipinski definition) is 2. The fourth-order valence-electron chi connectivity index (χ4n) is 5.05. The van der Waals surface area contributed by atoms with Crippen molar-refractivity contribution < 1.29 is 18.7 Å². The first kappa shape index (κ1) is 29.8. The molecular weight excluding hydrogens is 578 g/mol. The van der Waals surface area contributed by atoms with Gasteiger partial charge in [-0.3, -0.25) is 13.9 Å². The van der Waals surface area contributed by atoms with Gasteiger partial charge in [0.25, 0.3) is 6.43 Å². The molecule has 0 saturated carbocycles. The van der Waals surface area contributed by atoms with Crippen molar-refractivity contribution in [1.29, 1.82) is 0 Å². The molecule has 6 aromatic rings.